The van der Waals surface area contributed by atoms with Gasteiger partial charge in [0, 0.05) is 30.6 Å². The molecule has 9 heteroatoms. The molecule has 7 nitrogen and oxygen atoms in total. The average Bonchev–Trinajstić information content (AvgIpc) is 3.33. The third kappa shape index (κ3) is 4.71. The van der Waals surface area contributed by atoms with Gasteiger partial charge in [-0.25, -0.2) is 13.4 Å². The van der Waals surface area contributed by atoms with E-state index in [1.165, 1.54) is 27.6 Å². The monoisotopic (exact) mass is 482 g/mol. The maximum Gasteiger partial charge on any atom is 0.243 e. The van der Waals surface area contributed by atoms with Crippen LogP contribution in [0.1, 0.15) is 36.8 Å². The molecule has 3 heterocycles. The Hall–Kier alpha value is -2.62. The van der Waals surface area contributed by atoms with E-state index in [1.807, 2.05) is 35.7 Å². The number of carbonyl (C=O) groups excluding carboxylic acids is 1. The van der Waals surface area contributed by atoms with E-state index in [9.17, 15) is 13.2 Å². The van der Waals surface area contributed by atoms with Gasteiger partial charge in [-0.2, -0.15) is 4.31 Å². The van der Waals surface area contributed by atoms with Crippen LogP contribution in [0.3, 0.4) is 0 Å². The summed E-state index contributed by atoms with van der Waals surface area (Å²) in [6, 6.07) is 11.2. The number of rotatable bonds is 5. The lowest BCUT2D eigenvalue weighted by Crippen LogP contribution is -2.41. The van der Waals surface area contributed by atoms with Gasteiger partial charge in [0.05, 0.1) is 10.6 Å². The summed E-state index contributed by atoms with van der Waals surface area (Å²) in [6.45, 7) is 0.684. The number of benzene rings is 1. The van der Waals surface area contributed by atoms with Crippen LogP contribution in [0.5, 0.6) is 0 Å². The molecule has 3 aromatic rings. The van der Waals surface area contributed by atoms with Crippen molar-refractivity contribution in [3.05, 3.63) is 59.1 Å². The van der Waals surface area contributed by atoms with Crippen LogP contribution < -0.4 is 5.32 Å². The van der Waals surface area contributed by atoms with Crippen molar-refractivity contribution in [2.75, 3.05) is 18.4 Å². The van der Waals surface area contributed by atoms with Gasteiger partial charge in [-0.3, -0.25) is 9.78 Å². The molecule has 2 aromatic heterocycles. The number of piperidine rings is 1. The Morgan fingerprint density at radius 1 is 1.03 bits per heavy atom. The van der Waals surface area contributed by atoms with Crippen LogP contribution in [0, 0.1) is 5.92 Å². The highest BCUT2D eigenvalue weighted by molar-refractivity contribution is 7.89. The number of aryl methyl sites for hydroxylation is 2. The highest BCUT2D eigenvalue weighted by Gasteiger charge is 2.32. The lowest BCUT2D eigenvalue weighted by atomic mass is 9.92. The van der Waals surface area contributed by atoms with E-state index in [0.717, 1.165) is 36.2 Å². The molecular weight excluding hydrogens is 456 g/mol. The number of aromatic nitrogens is 2. The molecule has 33 heavy (non-hydrogen) atoms. The molecule has 2 aliphatic rings. The molecular formula is C24H26N4O3S2. The van der Waals surface area contributed by atoms with E-state index in [4.69, 9.17) is 0 Å². The second kappa shape index (κ2) is 9.32. The second-order valence-corrected chi connectivity index (χ2v) is 11.4. The molecule has 1 N–H and O–H groups in total. The summed E-state index contributed by atoms with van der Waals surface area (Å²) in [6.07, 6.45) is 6.94. The molecule has 0 saturated carbocycles. The maximum atomic E-state index is 13.2. The van der Waals surface area contributed by atoms with Crippen molar-refractivity contribution < 1.29 is 13.2 Å². The van der Waals surface area contributed by atoms with E-state index in [-0.39, 0.29) is 11.8 Å². The number of carbonyl (C=O) groups is 1. The molecule has 1 fully saturated rings. The Morgan fingerprint density at radius 2 is 1.82 bits per heavy atom. The topological polar surface area (TPSA) is 92.3 Å². The van der Waals surface area contributed by atoms with Crippen molar-refractivity contribution in [3.8, 4) is 11.4 Å². The van der Waals surface area contributed by atoms with Crippen molar-refractivity contribution in [3.63, 3.8) is 0 Å². The zero-order chi connectivity index (χ0) is 22.8. The molecule has 0 atom stereocenters. The van der Waals surface area contributed by atoms with Gasteiger partial charge in [0.25, 0.3) is 0 Å². The number of thiazole rings is 1. The highest BCUT2D eigenvalue weighted by Crippen LogP contribution is 2.29. The van der Waals surface area contributed by atoms with Gasteiger partial charge >= 0.3 is 0 Å². The molecule has 5 rings (SSSR count). The number of nitrogens with one attached hydrogen (secondary N) is 1. The van der Waals surface area contributed by atoms with Crippen molar-refractivity contribution in [2.24, 2.45) is 5.92 Å². The van der Waals surface area contributed by atoms with Crippen molar-refractivity contribution in [2.45, 2.75) is 43.4 Å². The summed E-state index contributed by atoms with van der Waals surface area (Å²) in [5, 5.41) is 5.29. The van der Waals surface area contributed by atoms with Crippen LogP contribution in [0.4, 0.5) is 5.13 Å². The Bertz CT molecular complexity index is 1250. The van der Waals surface area contributed by atoms with E-state index in [1.54, 1.807) is 12.3 Å². The number of sulfonamides is 1. The zero-order valence-corrected chi connectivity index (χ0v) is 19.9. The van der Waals surface area contributed by atoms with Crippen LogP contribution in [-0.2, 0) is 27.7 Å². The van der Waals surface area contributed by atoms with Gasteiger partial charge in [0.15, 0.2) is 5.13 Å². The van der Waals surface area contributed by atoms with Gasteiger partial charge < -0.3 is 5.32 Å². The van der Waals surface area contributed by atoms with Gasteiger partial charge in [-0.05, 0) is 73.9 Å². The minimum atomic E-state index is -3.55. The first-order valence-corrected chi connectivity index (χ1v) is 13.6. The van der Waals surface area contributed by atoms with E-state index in [2.05, 4.69) is 15.3 Å². The van der Waals surface area contributed by atoms with Crippen molar-refractivity contribution in [1.82, 2.24) is 14.3 Å². The molecule has 1 aliphatic heterocycles. The fourth-order valence-corrected chi connectivity index (χ4v) is 6.78. The summed E-state index contributed by atoms with van der Waals surface area (Å²) in [5.41, 5.74) is 3.91. The number of amides is 1. The molecule has 0 bridgehead atoms. The summed E-state index contributed by atoms with van der Waals surface area (Å²) >= 11 is 1.36. The van der Waals surface area contributed by atoms with Gasteiger partial charge in [-0.1, -0.05) is 12.1 Å². The average molecular weight is 483 g/mol. The molecule has 172 valence electrons. The van der Waals surface area contributed by atoms with Crippen LogP contribution in [0.2, 0.25) is 0 Å². The summed E-state index contributed by atoms with van der Waals surface area (Å²) in [4.78, 5) is 21.9. The number of nitrogens with zero attached hydrogens (tertiary/aromatic N) is 3. The number of pyridine rings is 1. The van der Waals surface area contributed by atoms with E-state index < -0.39 is 10.0 Å². The Labute approximate surface area is 197 Å². The van der Waals surface area contributed by atoms with Crippen LogP contribution in [0.15, 0.2) is 52.9 Å². The van der Waals surface area contributed by atoms with Crippen molar-refractivity contribution >= 4 is 32.4 Å². The van der Waals surface area contributed by atoms with E-state index >= 15 is 0 Å². The number of fused-ring (bicyclic) bond motifs is 1. The normalized spacial score (nSPS) is 17.5. The minimum absolute atomic E-state index is 0.109. The molecule has 1 aromatic carbocycles. The smallest absolute Gasteiger partial charge is 0.243 e. The predicted molar refractivity (Wildman–Crippen MR) is 129 cm³/mol. The highest BCUT2D eigenvalue weighted by atomic mass is 32.2. The summed E-state index contributed by atoms with van der Waals surface area (Å²) in [7, 11) is -3.55. The number of anilines is 1. The van der Waals surface area contributed by atoms with Crippen LogP contribution in [0.25, 0.3) is 11.4 Å². The SMILES string of the molecule is O=C(Nc1nc(-c2ccccn2)cs1)C1CCN(S(=O)(=O)c2ccc3c(c2)CCCC3)CC1. The molecule has 1 saturated heterocycles. The van der Waals surface area contributed by atoms with Crippen LogP contribution >= 0.6 is 11.3 Å². The molecule has 1 aliphatic carbocycles. The molecule has 0 unspecified atom stereocenters. The lowest BCUT2D eigenvalue weighted by molar-refractivity contribution is -0.120. The first-order chi connectivity index (χ1) is 16.0. The van der Waals surface area contributed by atoms with Gasteiger partial charge in [0.2, 0.25) is 15.9 Å². The van der Waals surface area contributed by atoms with Gasteiger partial charge in [0.1, 0.15) is 5.69 Å². The third-order valence-corrected chi connectivity index (χ3v) is 9.10. The number of hydrogen-bond acceptors (Lipinski definition) is 6. The quantitative estimate of drug-likeness (QED) is 0.591. The largest absolute Gasteiger partial charge is 0.302 e. The van der Waals surface area contributed by atoms with Crippen LogP contribution in [-0.4, -0.2) is 41.7 Å². The minimum Gasteiger partial charge on any atom is -0.302 e. The first-order valence-electron chi connectivity index (χ1n) is 11.3. The third-order valence-electron chi connectivity index (χ3n) is 6.44. The molecule has 1 amide bonds. The Balaban J connectivity index is 1.20. The summed E-state index contributed by atoms with van der Waals surface area (Å²) < 4.78 is 27.9. The second-order valence-electron chi connectivity index (χ2n) is 8.56. The number of hydrogen-bond donors (Lipinski definition) is 1. The fraction of sp³-hybridized carbons (Fsp3) is 0.375. The lowest BCUT2D eigenvalue weighted by Gasteiger charge is -2.30. The zero-order valence-electron chi connectivity index (χ0n) is 18.2. The Morgan fingerprint density at radius 3 is 2.58 bits per heavy atom. The van der Waals surface area contributed by atoms with Gasteiger partial charge in [-0.15, -0.1) is 11.3 Å². The summed E-state index contributed by atoms with van der Waals surface area (Å²) in [5.74, 6) is -0.343. The Kier molecular flexibility index (Phi) is 6.27. The van der Waals surface area contributed by atoms with E-state index in [0.29, 0.717) is 36.0 Å². The van der Waals surface area contributed by atoms with Crippen molar-refractivity contribution in [1.29, 1.82) is 0 Å². The first kappa shape index (κ1) is 22.2. The maximum absolute atomic E-state index is 13.2. The fourth-order valence-electron chi connectivity index (χ4n) is 4.55. The predicted octanol–water partition coefficient (Wildman–Crippen LogP) is 4.12. The molecule has 0 spiro atoms. The molecule has 0 radical (unpaired) electrons. The standard InChI is InChI=1S/C24H26N4O3S2/c29-23(27-24-26-22(16-32-24)21-7-3-4-12-25-21)18-10-13-28(14-11-18)33(30,31)20-9-8-17-5-1-2-6-19(17)15-20/h3-4,7-9,12,15-16,18H,1-2,5-6,10-11,13-14H2,(H,26,27,29).